The predicted molar refractivity (Wildman–Crippen MR) is 109 cm³/mol. The summed E-state index contributed by atoms with van der Waals surface area (Å²) in [5.74, 6) is 0.00855. The van der Waals surface area contributed by atoms with Crippen LogP contribution in [0.4, 0.5) is 0 Å². The number of hydrogen-bond acceptors (Lipinski definition) is 5. The van der Waals surface area contributed by atoms with E-state index in [1.54, 1.807) is 18.3 Å². The van der Waals surface area contributed by atoms with Crippen LogP contribution in [0.2, 0.25) is 0 Å². The second-order valence-electron chi connectivity index (χ2n) is 9.49. The molecule has 2 aromatic rings. The zero-order valence-corrected chi connectivity index (χ0v) is 17.5. The Hall–Kier alpha value is -1.99. The largest absolute Gasteiger partial charge is 0.388 e. The molecular formula is C22H26N2O4S. The highest BCUT2D eigenvalue weighted by molar-refractivity contribution is 7.90. The van der Waals surface area contributed by atoms with Crippen molar-refractivity contribution in [2.75, 3.05) is 5.75 Å². The number of aliphatic hydroxyl groups is 1. The highest BCUT2D eigenvalue weighted by atomic mass is 32.2. The molecule has 7 heteroatoms. The van der Waals surface area contributed by atoms with Crippen molar-refractivity contribution in [3.05, 3.63) is 42.1 Å². The molecule has 1 spiro atoms. The summed E-state index contributed by atoms with van der Waals surface area (Å²) >= 11 is 0. The van der Waals surface area contributed by atoms with Gasteiger partial charge in [-0.15, -0.1) is 0 Å². The number of benzene rings is 1. The first-order valence-corrected chi connectivity index (χ1v) is 11.8. The van der Waals surface area contributed by atoms with Gasteiger partial charge >= 0.3 is 0 Å². The molecule has 1 aromatic carbocycles. The molecule has 6 nitrogen and oxygen atoms in total. The van der Waals surface area contributed by atoms with Gasteiger partial charge in [-0.2, -0.15) is 0 Å². The molecule has 5 rings (SSSR count). The molecule has 2 aliphatic carbocycles. The van der Waals surface area contributed by atoms with Crippen LogP contribution in [0, 0.1) is 16.7 Å². The molecule has 1 unspecified atom stereocenters. The highest BCUT2D eigenvalue weighted by Gasteiger charge is 2.72. The second kappa shape index (κ2) is 6.01. The van der Waals surface area contributed by atoms with Crippen molar-refractivity contribution in [2.24, 2.45) is 16.7 Å². The van der Waals surface area contributed by atoms with Crippen LogP contribution in [0.5, 0.6) is 0 Å². The molecule has 0 radical (unpaired) electrons. The van der Waals surface area contributed by atoms with Crippen molar-refractivity contribution < 1.29 is 18.3 Å². The lowest BCUT2D eigenvalue weighted by Gasteiger charge is -2.37. The van der Waals surface area contributed by atoms with Crippen molar-refractivity contribution >= 4 is 26.8 Å². The number of carbonyl (C=O) groups is 1. The zero-order valence-electron chi connectivity index (χ0n) is 16.7. The Morgan fingerprint density at radius 1 is 1.34 bits per heavy atom. The fourth-order valence-electron chi connectivity index (χ4n) is 6.28. The summed E-state index contributed by atoms with van der Waals surface area (Å²) in [4.78, 5) is 17.4. The Bertz CT molecular complexity index is 1110. The van der Waals surface area contributed by atoms with E-state index < -0.39 is 22.0 Å². The summed E-state index contributed by atoms with van der Waals surface area (Å²) in [5.41, 5.74) is 0.884. The summed E-state index contributed by atoms with van der Waals surface area (Å²) in [7, 11) is -3.66. The molecule has 29 heavy (non-hydrogen) atoms. The van der Waals surface area contributed by atoms with E-state index in [0.717, 1.165) is 34.5 Å². The number of amides is 1. The lowest BCUT2D eigenvalue weighted by Crippen LogP contribution is -2.44. The second-order valence-corrected chi connectivity index (χ2v) is 11.3. The van der Waals surface area contributed by atoms with Crippen LogP contribution >= 0.6 is 0 Å². The number of carbonyl (C=O) groups excluding carboxylic acids is 1. The molecule has 2 heterocycles. The van der Waals surface area contributed by atoms with Crippen molar-refractivity contribution in [1.82, 2.24) is 9.29 Å². The smallest absolute Gasteiger partial charge is 0.239 e. The van der Waals surface area contributed by atoms with Crippen LogP contribution in [0.3, 0.4) is 0 Å². The SMILES string of the molecule is CC1(C)C2CC[C@@]13CS(=O)(=O)N(C(=O)C[C@@H](O)c1ccc4cccnc4c1)[C@H]3C2. The normalized spacial score (nSPS) is 32.4. The summed E-state index contributed by atoms with van der Waals surface area (Å²) in [6.45, 7) is 4.32. The molecule has 1 N–H and O–H groups in total. The minimum atomic E-state index is -3.66. The maximum atomic E-state index is 13.1. The molecule has 2 saturated carbocycles. The predicted octanol–water partition coefficient (Wildman–Crippen LogP) is 3.03. The molecule has 1 aromatic heterocycles. The van der Waals surface area contributed by atoms with Gasteiger partial charge in [0.15, 0.2) is 0 Å². The quantitative estimate of drug-likeness (QED) is 0.834. The van der Waals surface area contributed by atoms with Crippen LogP contribution in [0.1, 0.15) is 51.2 Å². The lowest BCUT2D eigenvalue weighted by atomic mass is 9.69. The summed E-state index contributed by atoms with van der Waals surface area (Å²) in [6.07, 6.45) is 3.01. The lowest BCUT2D eigenvalue weighted by molar-refractivity contribution is -0.131. The van der Waals surface area contributed by atoms with Crippen molar-refractivity contribution in [3.63, 3.8) is 0 Å². The molecule has 3 fully saturated rings. The van der Waals surface area contributed by atoms with Gasteiger partial charge in [0.25, 0.3) is 0 Å². The van der Waals surface area contributed by atoms with Crippen LogP contribution in [0.25, 0.3) is 10.9 Å². The van der Waals surface area contributed by atoms with Crippen molar-refractivity contribution in [2.45, 2.75) is 51.7 Å². The van der Waals surface area contributed by atoms with Crippen LogP contribution in [-0.2, 0) is 14.8 Å². The standard InChI is InChI=1S/C22H26N2O4S/c1-21(2)16-7-8-22(21)13-29(27,28)24(19(22)11-16)20(26)12-18(25)15-6-5-14-4-3-9-23-17(14)10-15/h3-6,9-10,16,18-19,25H,7-8,11-13H2,1-2H3/t16?,18-,19+,22+/m1/s1. The van der Waals surface area contributed by atoms with Gasteiger partial charge in [-0.1, -0.05) is 32.0 Å². The van der Waals surface area contributed by atoms with Gasteiger partial charge in [0.2, 0.25) is 15.9 Å². The number of aliphatic hydroxyl groups excluding tert-OH is 1. The van der Waals surface area contributed by atoms with Crippen LogP contribution in [0.15, 0.2) is 36.5 Å². The zero-order chi connectivity index (χ0) is 20.6. The summed E-state index contributed by atoms with van der Waals surface area (Å²) in [5, 5.41) is 11.6. The van der Waals surface area contributed by atoms with E-state index >= 15 is 0 Å². The Kier molecular flexibility index (Phi) is 3.94. The third-order valence-electron chi connectivity index (χ3n) is 8.04. The molecule has 1 amide bonds. The third kappa shape index (κ3) is 2.53. The maximum Gasteiger partial charge on any atom is 0.239 e. The number of fused-ring (bicyclic) bond motifs is 2. The molecular weight excluding hydrogens is 388 g/mol. The average molecular weight is 415 g/mol. The van der Waals surface area contributed by atoms with E-state index in [4.69, 9.17) is 0 Å². The Morgan fingerprint density at radius 3 is 2.90 bits per heavy atom. The fraction of sp³-hybridized carbons (Fsp3) is 0.545. The van der Waals surface area contributed by atoms with E-state index in [9.17, 15) is 18.3 Å². The summed E-state index contributed by atoms with van der Waals surface area (Å²) < 4.78 is 27.1. The average Bonchev–Trinajstić information content (AvgIpc) is 3.15. The highest BCUT2D eigenvalue weighted by Crippen LogP contribution is 2.70. The van der Waals surface area contributed by atoms with Crippen molar-refractivity contribution in [3.8, 4) is 0 Å². The molecule has 1 aliphatic heterocycles. The van der Waals surface area contributed by atoms with Gasteiger partial charge in [-0.25, -0.2) is 12.7 Å². The molecule has 154 valence electrons. The Labute approximate surface area is 171 Å². The van der Waals surface area contributed by atoms with Gasteiger partial charge in [-0.05, 0) is 48.3 Å². The van der Waals surface area contributed by atoms with Gasteiger partial charge in [0.05, 0.1) is 29.8 Å². The Morgan fingerprint density at radius 2 is 2.14 bits per heavy atom. The van der Waals surface area contributed by atoms with E-state index in [2.05, 4.69) is 18.8 Å². The number of rotatable bonds is 3. The molecule has 4 atom stereocenters. The fourth-order valence-corrected chi connectivity index (χ4v) is 8.84. The van der Waals surface area contributed by atoms with E-state index in [1.807, 2.05) is 18.2 Å². The first-order chi connectivity index (χ1) is 13.7. The first-order valence-electron chi connectivity index (χ1n) is 10.2. The number of sulfonamides is 1. The topological polar surface area (TPSA) is 87.6 Å². The van der Waals surface area contributed by atoms with Gasteiger partial charge in [0.1, 0.15) is 0 Å². The van der Waals surface area contributed by atoms with Crippen molar-refractivity contribution in [1.29, 1.82) is 0 Å². The monoisotopic (exact) mass is 414 g/mol. The van der Waals surface area contributed by atoms with Gasteiger partial charge in [0, 0.05) is 17.0 Å². The minimum absolute atomic E-state index is 0.0515. The Balaban J connectivity index is 1.41. The number of aromatic nitrogens is 1. The minimum Gasteiger partial charge on any atom is -0.388 e. The number of hydrogen-bond donors (Lipinski definition) is 1. The third-order valence-corrected chi connectivity index (χ3v) is 9.98. The first kappa shape index (κ1) is 19.0. The number of pyridine rings is 1. The van der Waals surface area contributed by atoms with Gasteiger partial charge in [-0.3, -0.25) is 9.78 Å². The van der Waals surface area contributed by atoms with Crippen LogP contribution in [-0.4, -0.2) is 40.5 Å². The number of nitrogens with zero attached hydrogens (tertiary/aromatic N) is 2. The molecule has 1 saturated heterocycles. The van der Waals surface area contributed by atoms with Gasteiger partial charge < -0.3 is 5.11 Å². The maximum absolute atomic E-state index is 13.1. The summed E-state index contributed by atoms with van der Waals surface area (Å²) in [6, 6.07) is 8.88. The van der Waals surface area contributed by atoms with E-state index in [0.29, 0.717) is 11.5 Å². The van der Waals surface area contributed by atoms with E-state index in [-0.39, 0.29) is 29.0 Å². The van der Waals surface area contributed by atoms with E-state index in [1.165, 1.54) is 0 Å². The van der Waals surface area contributed by atoms with Crippen LogP contribution < -0.4 is 0 Å². The molecule has 3 aliphatic rings. The molecule has 2 bridgehead atoms.